The summed E-state index contributed by atoms with van der Waals surface area (Å²) < 4.78 is 14.5. The maximum atomic E-state index is 13.4. The zero-order valence-electron chi connectivity index (χ0n) is 16.1. The number of fused-ring (bicyclic) bond motifs is 1. The molecule has 1 saturated heterocycles. The van der Waals surface area contributed by atoms with Crippen molar-refractivity contribution in [2.75, 3.05) is 24.5 Å². The summed E-state index contributed by atoms with van der Waals surface area (Å²) in [7, 11) is 0. The van der Waals surface area contributed by atoms with E-state index in [9.17, 15) is 14.4 Å². The second-order valence-electron chi connectivity index (χ2n) is 7.82. The molecule has 0 aromatic heterocycles. The van der Waals surface area contributed by atoms with Crippen LogP contribution in [0.5, 0.6) is 0 Å². The molecule has 1 fully saturated rings. The number of nitriles is 1. The molecule has 0 spiro atoms. The van der Waals surface area contributed by atoms with E-state index in [1.54, 1.807) is 6.07 Å². The SMILES string of the molecule is N#Cc1cc(F)ccc1N1CCC(C(=O)NCC2CCc3c(Br)cccc32)CC1. The molecule has 1 N–H and O–H groups in total. The quantitative estimate of drug-likeness (QED) is 0.736. The van der Waals surface area contributed by atoms with Gasteiger partial charge in [0.1, 0.15) is 11.9 Å². The second kappa shape index (κ2) is 8.54. The Morgan fingerprint density at radius 3 is 2.79 bits per heavy atom. The first-order chi connectivity index (χ1) is 14.1. The molecule has 1 amide bonds. The number of hydrogen-bond donors (Lipinski definition) is 1. The van der Waals surface area contributed by atoms with E-state index in [4.69, 9.17) is 0 Å². The van der Waals surface area contributed by atoms with Crippen molar-refractivity contribution in [3.63, 3.8) is 0 Å². The van der Waals surface area contributed by atoms with Crippen molar-refractivity contribution in [2.45, 2.75) is 31.6 Å². The zero-order valence-corrected chi connectivity index (χ0v) is 17.7. The van der Waals surface area contributed by atoms with Crippen molar-refractivity contribution in [1.82, 2.24) is 5.32 Å². The van der Waals surface area contributed by atoms with Gasteiger partial charge in [0, 0.05) is 35.9 Å². The highest BCUT2D eigenvalue weighted by Gasteiger charge is 2.28. The number of carbonyl (C=O) groups excluding carboxylic acids is 1. The summed E-state index contributed by atoms with van der Waals surface area (Å²) in [6.07, 6.45) is 3.59. The zero-order chi connectivity index (χ0) is 20.4. The molecule has 2 aliphatic rings. The summed E-state index contributed by atoms with van der Waals surface area (Å²) >= 11 is 3.62. The highest BCUT2D eigenvalue weighted by Crippen LogP contribution is 2.36. The van der Waals surface area contributed by atoms with Crippen LogP contribution in [-0.2, 0) is 11.2 Å². The van der Waals surface area contributed by atoms with Gasteiger partial charge in [0.25, 0.3) is 0 Å². The first-order valence-electron chi connectivity index (χ1n) is 10.1. The van der Waals surface area contributed by atoms with Crippen molar-refractivity contribution in [3.05, 3.63) is 63.4 Å². The minimum atomic E-state index is -0.403. The van der Waals surface area contributed by atoms with E-state index in [2.05, 4.69) is 50.4 Å². The lowest BCUT2D eigenvalue weighted by atomic mass is 9.94. The van der Waals surface area contributed by atoms with Gasteiger partial charge < -0.3 is 10.2 Å². The predicted octanol–water partition coefficient (Wildman–Crippen LogP) is 4.52. The van der Waals surface area contributed by atoms with Crippen molar-refractivity contribution < 1.29 is 9.18 Å². The Kier molecular flexibility index (Phi) is 5.86. The summed E-state index contributed by atoms with van der Waals surface area (Å²) in [5.41, 5.74) is 3.81. The number of nitrogens with zero attached hydrogens (tertiary/aromatic N) is 2. The minimum absolute atomic E-state index is 0.0133. The number of rotatable bonds is 4. The largest absolute Gasteiger partial charge is 0.370 e. The molecule has 29 heavy (non-hydrogen) atoms. The van der Waals surface area contributed by atoms with Gasteiger partial charge in [0.05, 0.1) is 11.3 Å². The van der Waals surface area contributed by atoms with E-state index in [0.717, 1.165) is 35.8 Å². The number of halogens is 2. The third-order valence-electron chi connectivity index (χ3n) is 6.15. The Bertz CT molecular complexity index is 963. The van der Waals surface area contributed by atoms with Crippen molar-refractivity contribution in [2.24, 2.45) is 5.92 Å². The lowest BCUT2D eigenvalue weighted by molar-refractivity contribution is -0.125. The molecule has 4 nitrogen and oxygen atoms in total. The van der Waals surface area contributed by atoms with E-state index in [1.165, 1.54) is 23.3 Å². The molecular weight excluding hydrogens is 433 g/mol. The molecule has 2 aromatic rings. The van der Waals surface area contributed by atoms with E-state index >= 15 is 0 Å². The van der Waals surface area contributed by atoms with E-state index in [0.29, 0.717) is 31.1 Å². The van der Waals surface area contributed by atoms with Crippen LogP contribution >= 0.6 is 15.9 Å². The Labute approximate surface area is 178 Å². The van der Waals surface area contributed by atoms with Gasteiger partial charge in [-0.1, -0.05) is 28.1 Å². The molecule has 1 aliphatic carbocycles. The van der Waals surface area contributed by atoms with Gasteiger partial charge in [-0.15, -0.1) is 0 Å². The van der Waals surface area contributed by atoms with Crippen LogP contribution in [0.2, 0.25) is 0 Å². The van der Waals surface area contributed by atoms with Gasteiger partial charge >= 0.3 is 0 Å². The Balaban J connectivity index is 1.32. The molecule has 2 aromatic carbocycles. The molecule has 1 atom stereocenters. The average Bonchev–Trinajstić information content (AvgIpc) is 3.16. The van der Waals surface area contributed by atoms with Crippen LogP contribution in [0.25, 0.3) is 0 Å². The molecule has 1 unspecified atom stereocenters. The second-order valence-corrected chi connectivity index (χ2v) is 8.68. The lowest BCUT2D eigenvalue weighted by Gasteiger charge is -2.33. The molecule has 0 saturated carbocycles. The van der Waals surface area contributed by atoms with Crippen LogP contribution in [0.1, 0.15) is 41.9 Å². The standard InChI is InChI=1S/C23H23BrFN3O/c24-21-3-1-2-19-16(4-6-20(19)21)14-27-23(29)15-8-10-28(11-9-15)22-7-5-18(25)12-17(22)13-26/h1-3,5,7,12,15-16H,4,6,8-11,14H2,(H,27,29). The van der Waals surface area contributed by atoms with Crippen LogP contribution in [0.15, 0.2) is 40.9 Å². The summed E-state index contributed by atoms with van der Waals surface area (Å²) in [5.74, 6) is 0.0809. The number of piperidine rings is 1. The number of hydrogen-bond acceptors (Lipinski definition) is 3. The van der Waals surface area contributed by atoms with Crippen molar-refractivity contribution >= 4 is 27.5 Å². The van der Waals surface area contributed by atoms with Gasteiger partial charge in [-0.2, -0.15) is 5.26 Å². The van der Waals surface area contributed by atoms with E-state index < -0.39 is 5.82 Å². The summed E-state index contributed by atoms with van der Waals surface area (Å²) in [6.45, 7) is 2.06. The molecule has 150 valence electrons. The lowest BCUT2D eigenvalue weighted by Crippen LogP contribution is -2.41. The maximum Gasteiger partial charge on any atom is 0.223 e. The number of nitrogens with one attached hydrogen (secondary N) is 1. The highest BCUT2D eigenvalue weighted by molar-refractivity contribution is 9.10. The normalized spacial score (nSPS) is 18.9. The minimum Gasteiger partial charge on any atom is -0.370 e. The number of carbonyl (C=O) groups is 1. The van der Waals surface area contributed by atoms with Gasteiger partial charge in [0.2, 0.25) is 5.91 Å². The molecule has 4 rings (SSSR count). The van der Waals surface area contributed by atoms with Gasteiger partial charge in [-0.3, -0.25) is 4.79 Å². The van der Waals surface area contributed by atoms with Gasteiger partial charge in [-0.05, 0) is 61.1 Å². The van der Waals surface area contributed by atoms with Crippen molar-refractivity contribution in [3.8, 4) is 6.07 Å². The number of anilines is 1. The number of benzene rings is 2. The fourth-order valence-electron chi connectivity index (χ4n) is 4.53. The average molecular weight is 456 g/mol. The molecule has 0 radical (unpaired) electrons. The van der Waals surface area contributed by atoms with Gasteiger partial charge in [0.15, 0.2) is 0 Å². The summed E-state index contributed by atoms with van der Waals surface area (Å²) in [6, 6.07) is 12.7. The monoisotopic (exact) mass is 455 g/mol. The summed E-state index contributed by atoms with van der Waals surface area (Å²) in [4.78, 5) is 14.8. The third kappa shape index (κ3) is 4.16. The fourth-order valence-corrected chi connectivity index (χ4v) is 5.11. The Morgan fingerprint density at radius 1 is 1.24 bits per heavy atom. The van der Waals surface area contributed by atoms with Crippen LogP contribution < -0.4 is 10.2 Å². The van der Waals surface area contributed by atoms with E-state index in [-0.39, 0.29) is 11.8 Å². The van der Waals surface area contributed by atoms with Crippen molar-refractivity contribution in [1.29, 1.82) is 5.26 Å². The summed E-state index contributed by atoms with van der Waals surface area (Å²) in [5, 5.41) is 12.4. The van der Waals surface area contributed by atoms with E-state index in [1.807, 2.05) is 0 Å². The highest BCUT2D eigenvalue weighted by atomic mass is 79.9. The topological polar surface area (TPSA) is 56.1 Å². The molecule has 1 aliphatic heterocycles. The van der Waals surface area contributed by atoms with Crippen LogP contribution in [0.4, 0.5) is 10.1 Å². The molecular formula is C23H23BrFN3O. The Morgan fingerprint density at radius 2 is 2.03 bits per heavy atom. The molecule has 6 heteroatoms. The van der Waals surface area contributed by atoms with Crippen LogP contribution in [0, 0.1) is 23.1 Å². The predicted molar refractivity (Wildman–Crippen MR) is 114 cm³/mol. The first kappa shape index (κ1) is 19.9. The first-order valence-corrected chi connectivity index (χ1v) is 10.9. The van der Waals surface area contributed by atoms with Gasteiger partial charge in [-0.25, -0.2) is 4.39 Å². The molecule has 1 heterocycles. The Hall–Kier alpha value is -2.39. The van der Waals surface area contributed by atoms with Crippen LogP contribution in [0.3, 0.4) is 0 Å². The fraction of sp³-hybridized carbons (Fsp3) is 0.391. The number of amides is 1. The van der Waals surface area contributed by atoms with Crippen LogP contribution in [-0.4, -0.2) is 25.5 Å². The smallest absolute Gasteiger partial charge is 0.223 e. The maximum absolute atomic E-state index is 13.4. The third-order valence-corrected chi connectivity index (χ3v) is 6.89. The molecule has 0 bridgehead atoms.